The van der Waals surface area contributed by atoms with E-state index in [0.29, 0.717) is 17.8 Å². The third kappa shape index (κ3) is 4.49. The molecular formula is C30H25N5O4. The van der Waals surface area contributed by atoms with Gasteiger partial charge in [-0.15, -0.1) is 0 Å². The van der Waals surface area contributed by atoms with Gasteiger partial charge in [0.2, 0.25) is 0 Å². The summed E-state index contributed by atoms with van der Waals surface area (Å²) in [6.07, 6.45) is 1.71. The van der Waals surface area contributed by atoms with E-state index in [4.69, 9.17) is 15.2 Å². The highest BCUT2D eigenvalue weighted by molar-refractivity contribution is 6.06. The van der Waals surface area contributed by atoms with E-state index in [1.54, 1.807) is 42.6 Å². The van der Waals surface area contributed by atoms with Gasteiger partial charge in [0.05, 0.1) is 55.6 Å². The second-order valence-corrected chi connectivity index (χ2v) is 8.87. The van der Waals surface area contributed by atoms with Crippen LogP contribution in [-0.4, -0.2) is 35.9 Å². The average Bonchev–Trinajstić information content (AvgIpc) is 3.38. The Labute approximate surface area is 225 Å². The van der Waals surface area contributed by atoms with Crippen molar-refractivity contribution in [3.8, 4) is 6.07 Å². The molecule has 9 heteroatoms. The van der Waals surface area contributed by atoms with Crippen LogP contribution in [0.3, 0.4) is 0 Å². The maximum Gasteiger partial charge on any atom is 0.355 e. The molecule has 0 radical (unpaired) electrons. The van der Waals surface area contributed by atoms with E-state index < -0.39 is 17.9 Å². The number of nitrogens with two attached hydrogens (primary N) is 1. The summed E-state index contributed by atoms with van der Waals surface area (Å²) in [7, 11) is 2.44. The Hall–Kier alpha value is -5.36. The van der Waals surface area contributed by atoms with Crippen molar-refractivity contribution in [1.82, 2.24) is 9.78 Å². The van der Waals surface area contributed by atoms with Crippen LogP contribution >= 0.6 is 0 Å². The molecule has 4 aromatic rings. The Bertz CT molecular complexity index is 1670. The fourth-order valence-corrected chi connectivity index (χ4v) is 4.88. The number of methoxy groups -OCH3 is 2. The molecule has 39 heavy (non-hydrogen) atoms. The Morgan fingerprint density at radius 2 is 1.64 bits per heavy atom. The molecule has 1 unspecified atom stereocenters. The number of carbonyl (C=O) groups excluding carboxylic acids is 2. The van der Waals surface area contributed by atoms with Gasteiger partial charge in [-0.1, -0.05) is 60.7 Å². The molecule has 9 nitrogen and oxygen atoms in total. The highest BCUT2D eigenvalue weighted by Crippen LogP contribution is 2.43. The number of anilines is 1. The van der Waals surface area contributed by atoms with Crippen LogP contribution in [0.25, 0.3) is 10.9 Å². The lowest BCUT2D eigenvalue weighted by atomic mass is 9.81. The molecule has 2 N–H and O–H groups in total. The molecule has 1 atom stereocenters. The third-order valence-electron chi connectivity index (χ3n) is 6.67. The fourth-order valence-electron chi connectivity index (χ4n) is 4.88. The Balaban J connectivity index is 1.69. The van der Waals surface area contributed by atoms with Crippen molar-refractivity contribution < 1.29 is 19.1 Å². The molecule has 1 aliphatic rings. The van der Waals surface area contributed by atoms with Gasteiger partial charge in [-0.25, -0.2) is 9.59 Å². The first-order valence-electron chi connectivity index (χ1n) is 12.1. The van der Waals surface area contributed by atoms with Gasteiger partial charge in [-0.3, -0.25) is 9.58 Å². The van der Waals surface area contributed by atoms with Gasteiger partial charge in [0, 0.05) is 11.1 Å². The lowest BCUT2D eigenvalue weighted by Crippen LogP contribution is -2.40. The number of ether oxygens (including phenoxy) is 2. The number of aromatic nitrogens is 2. The standard InChI is InChI=1S/C30H25N5O4/c1-38-29(36)26-25(20-11-7-4-8-12-20)23(16-31)28(32)35(27(26)30(37)39-2)22-13-14-24-21(15-22)17-33-34(24)18-19-9-5-3-6-10-19/h3-15,17,25H,18,32H2,1-2H3. The first kappa shape index (κ1) is 25.3. The van der Waals surface area contributed by atoms with Crippen LogP contribution in [0.4, 0.5) is 5.69 Å². The number of hydrogen-bond acceptors (Lipinski definition) is 8. The number of hydrogen-bond donors (Lipinski definition) is 1. The molecule has 1 aromatic heterocycles. The summed E-state index contributed by atoms with van der Waals surface area (Å²) in [5.41, 5.74) is 9.57. The number of nitriles is 1. The van der Waals surface area contributed by atoms with Crippen molar-refractivity contribution >= 4 is 28.5 Å². The maximum atomic E-state index is 13.3. The molecule has 2 heterocycles. The van der Waals surface area contributed by atoms with E-state index in [9.17, 15) is 14.9 Å². The van der Waals surface area contributed by atoms with E-state index in [1.807, 2.05) is 47.1 Å². The zero-order chi connectivity index (χ0) is 27.5. The van der Waals surface area contributed by atoms with Crippen LogP contribution in [0.1, 0.15) is 17.0 Å². The minimum atomic E-state index is -0.925. The van der Waals surface area contributed by atoms with Crippen LogP contribution in [0.15, 0.2) is 108 Å². The highest BCUT2D eigenvalue weighted by Gasteiger charge is 2.43. The van der Waals surface area contributed by atoms with E-state index in [1.165, 1.54) is 19.1 Å². The summed E-state index contributed by atoms with van der Waals surface area (Å²) >= 11 is 0. The number of allylic oxidation sites excluding steroid dienone is 1. The number of carbonyl (C=O) groups is 2. The van der Waals surface area contributed by atoms with Gasteiger partial charge in [-0.2, -0.15) is 10.4 Å². The van der Waals surface area contributed by atoms with Crippen molar-refractivity contribution in [1.29, 1.82) is 5.26 Å². The Morgan fingerprint density at radius 3 is 2.28 bits per heavy atom. The zero-order valence-corrected chi connectivity index (χ0v) is 21.4. The highest BCUT2D eigenvalue weighted by atomic mass is 16.5. The van der Waals surface area contributed by atoms with Crippen molar-refractivity contribution in [2.24, 2.45) is 5.73 Å². The summed E-state index contributed by atoms with van der Waals surface area (Å²) in [4.78, 5) is 27.9. The molecule has 0 bridgehead atoms. The topological polar surface area (TPSA) is 123 Å². The third-order valence-corrected chi connectivity index (χ3v) is 6.67. The first-order valence-corrected chi connectivity index (χ1v) is 12.1. The lowest BCUT2D eigenvalue weighted by Gasteiger charge is -2.35. The number of rotatable bonds is 6. The summed E-state index contributed by atoms with van der Waals surface area (Å²) < 4.78 is 12.1. The van der Waals surface area contributed by atoms with Gasteiger partial charge in [0.15, 0.2) is 0 Å². The molecule has 0 aliphatic carbocycles. The molecular weight excluding hydrogens is 494 g/mol. The second kappa shape index (κ2) is 10.6. The van der Waals surface area contributed by atoms with Gasteiger partial charge in [-0.05, 0) is 29.3 Å². The monoisotopic (exact) mass is 519 g/mol. The number of nitrogens with zero attached hydrogens (tertiary/aromatic N) is 4. The summed E-state index contributed by atoms with van der Waals surface area (Å²) in [6, 6.07) is 26.4. The van der Waals surface area contributed by atoms with Crippen molar-refractivity contribution in [3.05, 3.63) is 119 Å². The van der Waals surface area contributed by atoms with Crippen LogP contribution in [-0.2, 0) is 25.6 Å². The predicted octanol–water partition coefficient (Wildman–Crippen LogP) is 3.98. The van der Waals surface area contributed by atoms with Crippen LogP contribution < -0.4 is 10.6 Å². The lowest BCUT2D eigenvalue weighted by molar-refractivity contribution is -0.139. The molecule has 0 spiro atoms. The average molecular weight is 520 g/mol. The van der Waals surface area contributed by atoms with Crippen molar-refractivity contribution in [3.63, 3.8) is 0 Å². The van der Waals surface area contributed by atoms with Crippen molar-refractivity contribution in [2.45, 2.75) is 12.5 Å². The van der Waals surface area contributed by atoms with E-state index in [0.717, 1.165) is 16.5 Å². The van der Waals surface area contributed by atoms with Crippen LogP contribution in [0.5, 0.6) is 0 Å². The molecule has 194 valence electrons. The predicted molar refractivity (Wildman–Crippen MR) is 145 cm³/mol. The largest absolute Gasteiger partial charge is 0.466 e. The van der Waals surface area contributed by atoms with E-state index >= 15 is 0 Å². The van der Waals surface area contributed by atoms with E-state index in [2.05, 4.69) is 11.2 Å². The van der Waals surface area contributed by atoms with Gasteiger partial charge < -0.3 is 15.2 Å². The minimum Gasteiger partial charge on any atom is -0.466 e. The number of esters is 2. The maximum absolute atomic E-state index is 13.3. The molecule has 0 saturated heterocycles. The quantitative estimate of drug-likeness (QED) is 0.380. The van der Waals surface area contributed by atoms with Crippen molar-refractivity contribution in [2.75, 3.05) is 19.1 Å². The second-order valence-electron chi connectivity index (χ2n) is 8.87. The minimum absolute atomic E-state index is 0.00966. The fraction of sp³-hybridized carbons (Fsp3) is 0.133. The molecule has 3 aromatic carbocycles. The number of benzene rings is 3. The summed E-state index contributed by atoms with van der Waals surface area (Å²) in [6.45, 7) is 0.576. The van der Waals surface area contributed by atoms with Gasteiger partial charge >= 0.3 is 11.9 Å². The zero-order valence-electron chi connectivity index (χ0n) is 21.4. The molecule has 5 rings (SSSR count). The Kier molecular flexibility index (Phi) is 6.85. The molecule has 1 aliphatic heterocycles. The Morgan fingerprint density at radius 1 is 0.974 bits per heavy atom. The molecule has 0 saturated carbocycles. The van der Waals surface area contributed by atoms with Gasteiger partial charge in [0.1, 0.15) is 11.5 Å². The summed E-state index contributed by atoms with van der Waals surface area (Å²) in [5, 5.41) is 15.5. The number of fused-ring (bicyclic) bond motifs is 1. The molecule has 0 amide bonds. The first-order chi connectivity index (χ1) is 19.0. The van der Waals surface area contributed by atoms with Crippen LogP contribution in [0, 0.1) is 11.3 Å². The molecule has 0 fully saturated rings. The van der Waals surface area contributed by atoms with Crippen LogP contribution in [0.2, 0.25) is 0 Å². The SMILES string of the molecule is COC(=O)C1=C(C(=O)OC)N(c2ccc3c(cnn3Cc3ccccc3)c2)C(N)=C(C#N)C1c1ccccc1. The van der Waals surface area contributed by atoms with E-state index in [-0.39, 0.29) is 22.7 Å². The normalized spacial score (nSPS) is 15.3. The summed E-state index contributed by atoms with van der Waals surface area (Å²) in [5.74, 6) is -2.48. The van der Waals surface area contributed by atoms with Gasteiger partial charge in [0.25, 0.3) is 0 Å². The smallest absolute Gasteiger partial charge is 0.355 e.